The summed E-state index contributed by atoms with van der Waals surface area (Å²) in [5.41, 5.74) is 1.77. The van der Waals surface area contributed by atoms with E-state index in [2.05, 4.69) is 133 Å². The highest BCUT2D eigenvalue weighted by Crippen LogP contribution is 2.50. The molecule has 0 unspecified atom stereocenters. The van der Waals surface area contributed by atoms with Gasteiger partial charge in [-0.25, -0.2) is 0 Å². The van der Waals surface area contributed by atoms with Crippen molar-refractivity contribution in [3.05, 3.63) is 163 Å². The Hall–Kier alpha value is -3.83. The second-order valence-electron chi connectivity index (χ2n) is 10.7. The topological polar surface area (TPSA) is 20.3 Å². The molecular formula is C38H35NOP2. The van der Waals surface area contributed by atoms with Crippen molar-refractivity contribution >= 4 is 49.0 Å². The van der Waals surface area contributed by atoms with E-state index in [0.29, 0.717) is 5.92 Å². The zero-order valence-electron chi connectivity index (χ0n) is 23.7. The van der Waals surface area contributed by atoms with Gasteiger partial charge in [0.25, 0.3) is 5.91 Å². The number of nitrogens with zero attached hydrogens (tertiary/aromatic N) is 1. The zero-order valence-corrected chi connectivity index (χ0v) is 25.5. The predicted octanol–water partition coefficient (Wildman–Crippen LogP) is 7.38. The fraction of sp³-hybridized carbons (Fsp3) is 0.132. The number of benzene rings is 5. The van der Waals surface area contributed by atoms with Gasteiger partial charge in [-0.1, -0.05) is 146 Å². The maximum Gasteiger partial charge on any atom is 0.254 e. The highest BCUT2D eigenvalue weighted by atomic mass is 31.1. The lowest BCUT2D eigenvalue weighted by molar-refractivity contribution is 0.0773. The highest BCUT2D eigenvalue weighted by molar-refractivity contribution is 7.73. The van der Waals surface area contributed by atoms with Crippen molar-refractivity contribution in [1.82, 2.24) is 4.90 Å². The van der Waals surface area contributed by atoms with E-state index in [1.807, 2.05) is 30.3 Å². The summed E-state index contributed by atoms with van der Waals surface area (Å²) in [6.45, 7) is 4.65. The number of likely N-dealkylation sites (tertiary alicyclic amines) is 1. The molecule has 42 heavy (non-hydrogen) atoms. The first-order valence-electron chi connectivity index (χ1n) is 14.5. The molecule has 0 saturated carbocycles. The van der Waals surface area contributed by atoms with E-state index in [0.717, 1.165) is 30.3 Å². The average molecular weight is 584 g/mol. The van der Waals surface area contributed by atoms with Gasteiger partial charge in [-0.15, -0.1) is 0 Å². The molecule has 5 aromatic carbocycles. The van der Waals surface area contributed by atoms with E-state index in [4.69, 9.17) is 0 Å². The van der Waals surface area contributed by atoms with Crippen molar-refractivity contribution < 1.29 is 4.79 Å². The standard InChI is InChI=1S/C38H35NOP2/c1-2-30-23-25-32(26-24-30)38(40)39-28-31(29-41(33-15-7-3-8-16-33)34-17-9-4-10-18-34)27-37(39)42(35-19-11-5-12-20-35)36-21-13-6-14-22-36/h2-26,31,37H,1,27-29H2/t31-,37+/m1/s1. The second-order valence-corrected chi connectivity index (χ2v) is 15.3. The van der Waals surface area contributed by atoms with E-state index < -0.39 is 15.8 Å². The molecule has 0 aliphatic carbocycles. The van der Waals surface area contributed by atoms with E-state index in [9.17, 15) is 4.79 Å². The van der Waals surface area contributed by atoms with Gasteiger partial charge < -0.3 is 4.90 Å². The van der Waals surface area contributed by atoms with Gasteiger partial charge in [-0.05, 0) is 73.3 Å². The minimum Gasteiger partial charge on any atom is -0.331 e. The van der Waals surface area contributed by atoms with Gasteiger partial charge in [0, 0.05) is 12.1 Å². The van der Waals surface area contributed by atoms with Crippen molar-refractivity contribution in [2.45, 2.75) is 12.2 Å². The molecule has 1 aliphatic rings. The Kier molecular flexibility index (Phi) is 9.05. The van der Waals surface area contributed by atoms with Crippen molar-refractivity contribution in [3.63, 3.8) is 0 Å². The molecule has 5 aromatic rings. The first-order chi connectivity index (χ1) is 20.7. The first kappa shape index (κ1) is 28.3. The van der Waals surface area contributed by atoms with Gasteiger partial charge in [-0.2, -0.15) is 0 Å². The summed E-state index contributed by atoms with van der Waals surface area (Å²) in [5.74, 6) is 0.640. The third-order valence-electron chi connectivity index (χ3n) is 7.96. The molecule has 6 rings (SSSR count). The second kappa shape index (κ2) is 13.4. The van der Waals surface area contributed by atoms with Gasteiger partial charge in [0.15, 0.2) is 0 Å². The third kappa shape index (κ3) is 6.32. The molecule has 1 saturated heterocycles. The predicted molar refractivity (Wildman–Crippen MR) is 182 cm³/mol. The van der Waals surface area contributed by atoms with Crippen LogP contribution in [0.4, 0.5) is 0 Å². The summed E-state index contributed by atoms with van der Waals surface area (Å²) in [6, 6.07) is 51.4. The largest absolute Gasteiger partial charge is 0.331 e. The first-order valence-corrected chi connectivity index (χ1v) is 17.5. The third-order valence-corrected chi connectivity index (χ3v) is 13.5. The normalized spacial score (nSPS) is 16.6. The molecule has 1 heterocycles. The monoisotopic (exact) mass is 583 g/mol. The quantitative estimate of drug-likeness (QED) is 0.166. The maximum absolute atomic E-state index is 14.3. The molecular weight excluding hydrogens is 548 g/mol. The Morgan fingerprint density at radius 1 is 0.667 bits per heavy atom. The van der Waals surface area contributed by atoms with E-state index >= 15 is 0 Å². The van der Waals surface area contributed by atoms with Gasteiger partial charge in [0.2, 0.25) is 0 Å². The van der Waals surface area contributed by atoms with Gasteiger partial charge in [0.05, 0.1) is 5.78 Å². The summed E-state index contributed by atoms with van der Waals surface area (Å²) in [4.78, 5) is 16.5. The lowest BCUT2D eigenvalue weighted by atomic mass is 10.1. The number of hydrogen-bond acceptors (Lipinski definition) is 1. The summed E-state index contributed by atoms with van der Waals surface area (Å²) in [7, 11) is -1.34. The number of hydrogen-bond donors (Lipinski definition) is 0. The van der Waals surface area contributed by atoms with Crippen LogP contribution in [0.15, 0.2) is 152 Å². The average Bonchev–Trinajstić information content (AvgIpc) is 3.48. The van der Waals surface area contributed by atoms with Gasteiger partial charge in [-0.3, -0.25) is 4.79 Å². The maximum atomic E-state index is 14.3. The molecule has 1 amide bonds. The van der Waals surface area contributed by atoms with Crippen molar-refractivity contribution in [1.29, 1.82) is 0 Å². The highest BCUT2D eigenvalue weighted by Gasteiger charge is 2.42. The van der Waals surface area contributed by atoms with Crippen LogP contribution in [0.1, 0.15) is 22.3 Å². The molecule has 0 aromatic heterocycles. The molecule has 2 atom stereocenters. The van der Waals surface area contributed by atoms with Crippen molar-refractivity contribution in [3.8, 4) is 0 Å². The fourth-order valence-corrected chi connectivity index (χ4v) is 11.5. The van der Waals surface area contributed by atoms with Crippen LogP contribution in [0.5, 0.6) is 0 Å². The Bertz CT molecular complexity index is 1510. The number of amides is 1. The Morgan fingerprint density at radius 3 is 1.57 bits per heavy atom. The number of rotatable bonds is 9. The van der Waals surface area contributed by atoms with Crippen molar-refractivity contribution in [2.75, 3.05) is 12.7 Å². The van der Waals surface area contributed by atoms with Crippen LogP contribution in [0, 0.1) is 5.92 Å². The Balaban J connectivity index is 1.39. The van der Waals surface area contributed by atoms with Crippen LogP contribution in [-0.4, -0.2) is 29.3 Å². The minimum atomic E-state index is -0.787. The SMILES string of the molecule is C=Cc1ccc(C(=O)N2C[C@H](CP(c3ccccc3)c3ccccc3)C[C@@H]2P(c2ccccc2)c2ccccc2)cc1. The van der Waals surface area contributed by atoms with E-state index in [-0.39, 0.29) is 11.7 Å². The van der Waals surface area contributed by atoms with Gasteiger partial charge in [0.1, 0.15) is 0 Å². The minimum absolute atomic E-state index is 0.116. The van der Waals surface area contributed by atoms with Crippen LogP contribution < -0.4 is 21.2 Å². The Labute approximate surface area is 252 Å². The van der Waals surface area contributed by atoms with E-state index in [1.165, 1.54) is 21.2 Å². The fourth-order valence-electron chi connectivity index (χ4n) is 5.93. The molecule has 4 heteroatoms. The van der Waals surface area contributed by atoms with E-state index in [1.54, 1.807) is 0 Å². The summed E-state index contributed by atoms with van der Waals surface area (Å²) in [6.07, 6.45) is 3.87. The number of carbonyl (C=O) groups is 1. The molecule has 1 fully saturated rings. The van der Waals surface area contributed by atoms with Crippen LogP contribution in [-0.2, 0) is 0 Å². The van der Waals surface area contributed by atoms with Crippen LogP contribution in [0.25, 0.3) is 6.08 Å². The molecule has 0 N–H and O–H groups in total. The van der Waals surface area contributed by atoms with Crippen molar-refractivity contribution in [2.24, 2.45) is 5.92 Å². The lowest BCUT2D eigenvalue weighted by Gasteiger charge is -2.33. The number of carbonyl (C=O) groups excluding carboxylic acids is 1. The smallest absolute Gasteiger partial charge is 0.254 e. The Morgan fingerprint density at radius 2 is 1.12 bits per heavy atom. The summed E-state index contributed by atoms with van der Waals surface area (Å²) in [5, 5.41) is 5.43. The molecule has 0 bridgehead atoms. The molecule has 0 radical (unpaired) electrons. The molecule has 1 aliphatic heterocycles. The van der Waals surface area contributed by atoms with Gasteiger partial charge >= 0.3 is 0 Å². The molecule has 2 nitrogen and oxygen atoms in total. The zero-order chi connectivity index (χ0) is 28.7. The summed E-state index contributed by atoms with van der Waals surface area (Å²) < 4.78 is 0. The molecule has 208 valence electrons. The lowest BCUT2D eigenvalue weighted by Crippen LogP contribution is -2.38. The van der Waals surface area contributed by atoms with Crippen LogP contribution >= 0.6 is 15.8 Å². The molecule has 0 spiro atoms. The van der Waals surface area contributed by atoms with Crippen LogP contribution in [0.2, 0.25) is 0 Å². The van der Waals surface area contributed by atoms with Crippen LogP contribution in [0.3, 0.4) is 0 Å². The summed E-state index contributed by atoms with van der Waals surface area (Å²) >= 11 is 0.